The summed E-state index contributed by atoms with van der Waals surface area (Å²) in [5.41, 5.74) is 4.50. The van der Waals surface area contributed by atoms with Gasteiger partial charge in [-0.25, -0.2) is 0 Å². The average Bonchev–Trinajstić information content (AvgIpc) is 3.24. The number of phenols is 2. The largest absolute Gasteiger partial charge is 0.508 e. The third kappa shape index (κ3) is 4.46. The van der Waals surface area contributed by atoms with E-state index in [1.54, 1.807) is 6.07 Å². The van der Waals surface area contributed by atoms with Gasteiger partial charge in [-0.3, -0.25) is 4.79 Å². The van der Waals surface area contributed by atoms with Gasteiger partial charge in [0.2, 0.25) is 0 Å². The van der Waals surface area contributed by atoms with Crippen molar-refractivity contribution in [2.75, 3.05) is 37.7 Å². The maximum absolute atomic E-state index is 12.9. The molecule has 0 aliphatic carbocycles. The first-order chi connectivity index (χ1) is 16.3. The van der Waals surface area contributed by atoms with E-state index in [-0.39, 0.29) is 34.8 Å². The molecule has 8 nitrogen and oxygen atoms in total. The summed E-state index contributed by atoms with van der Waals surface area (Å²) in [6.07, 6.45) is 0. The number of morpholine rings is 1. The van der Waals surface area contributed by atoms with Crippen LogP contribution in [0, 0.1) is 6.92 Å². The van der Waals surface area contributed by atoms with Crippen molar-refractivity contribution in [2.45, 2.75) is 33.6 Å². The number of nitrogens with one attached hydrogen (secondary N) is 1. The van der Waals surface area contributed by atoms with E-state index in [1.807, 2.05) is 39.8 Å². The second-order valence-electron chi connectivity index (χ2n) is 8.78. The maximum Gasteiger partial charge on any atom is 0.274 e. The van der Waals surface area contributed by atoms with Gasteiger partial charge in [0.15, 0.2) is 11.5 Å². The molecule has 0 saturated carbocycles. The van der Waals surface area contributed by atoms with Crippen LogP contribution in [-0.4, -0.2) is 54.1 Å². The van der Waals surface area contributed by atoms with Crippen LogP contribution in [0.15, 0.2) is 34.9 Å². The van der Waals surface area contributed by atoms with Gasteiger partial charge < -0.3 is 29.7 Å². The lowest BCUT2D eigenvalue weighted by Gasteiger charge is -2.29. The first-order valence-corrected chi connectivity index (χ1v) is 11.6. The number of carbonyl (C=O) groups excluding carboxylic acids is 1. The highest BCUT2D eigenvalue weighted by molar-refractivity contribution is 6.03. The average molecular weight is 466 g/mol. The number of aromatic nitrogens is 1. The van der Waals surface area contributed by atoms with Crippen LogP contribution in [0.25, 0.3) is 22.5 Å². The number of hydrogen-bond acceptors (Lipinski definition) is 7. The Morgan fingerprint density at radius 2 is 1.85 bits per heavy atom. The molecule has 3 aromatic rings. The van der Waals surface area contributed by atoms with Crippen molar-refractivity contribution in [3.63, 3.8) is 0 Å². The summed E-state index contributed by atoms with van der Waals surface area (Å²) in [4.78, 5) is 15.1. The smallest absolute Gasteiger partial charge is 0.274 e. The molecule has 0 bridgehead atoms. The van der Waals surface area contributed by atoms with Gasteiger partial charge in [-0.15, -0.1) is 0 Å². The molecule has 8 heteroatoms. The molecule has 1 amide bonds. The lowest BCUT2D eigenvalue weighted by molar-refractivity contribution is 0.0947. The molecule has 3 N–H and O–H groups in total. The fraction of sp³-hybridized carbons (Fsp3) is 0.385. The highest BCUT2D eigenvalue weighted by Gasteiger charge is 2.28. The maximum atomic E-state index is 12.9. The number of rotatable bonds is 6. The standard InChI is InChI=1S/C26H31N3O5/c1-5-27-26(32)24-23(18-7-6-17(12-16(18)4)29-8-10-33-11-9-29)25(34-28-24)20-13-19(15(2)3)21(30)14-22(20)31/h6-7,12-15,30-31H,5,8-11H2,1-4H3,(H,27,32). The second-order valence-corrected chi connectivity index (χ2v) is 8.78. The molecule has 0 unspecified atom stereocenters. The summed E-state index contributed by atoms with van der Waals surface area (Å²) in [5.74, 6) is -0.200. The van der Waals surface area contributed by atoms with Crippen LogP contribution < -0.4 is 10.2 Å². The number of phenolic OH excluding ortho intramolecular Hbond substituents is 2. The number of amides is 1. The molecule has 0 radical (unpaired) electrons. The number of hydrogen-bond donors (Lipinski definition) is 3. The minimum absolute atomic E-state index is 0.00677. The van der Waals surface area contributed by atoms with E-state index in [1.165, 1.54) is 6.07 Å². The van der Waals surface area contributed by atoms with E-state index in [4.69, 9.17) is 9.26 Å². The number of benzene rings is 2. The van der Waals surface area contributed by atoms with E-state index in [0.29, 0.717) is 36.4 Å². The van der Waals surface area contributed by atoms with E-state index >= 15 is 0 Å². The zero-order chi connectivity index (χ0) is 24.4. The van der Waals surface area contributed by atoms with Gasteiger partial charge in [-0.1, -0.05) is 25.1 Å². The van der Waals surface area contributed by atoms with Crippen LogP contribution in [0.1, 0.15) is 48.3 Å². The van der Waals surface area contributed by atoms with Crippen molar-refractivity contribution < 1.29 is 24.3 Å². The number of anilines is 1. The van der Waals surface area contributed by atoms with Crippen molar-refractivity contribution in [3.8, 4) is 33.9 Å². The Labute approximate surface area is 199 Å². The van der Waals surface area contributed by atoms with Gasteiger partial charge >= 0.3 is 0 Å². The first-order valence-electron chi connectivity index (χ1n) is 11.6. The topological polar surface area (TPSA) is 108 Å². The van der Waals surface area contributed by atoms with Gasteiger partial charge in [0.1, 0.15) is 11.5 Å². The minimum Gasteiger partial charge on any atom is -0.508 e. The van der Waals surface area contributed by atoms with Crippen molar-refractivity contribution >= 4 is 11.6 Å². The fourth-order valence-electron chi connectivity index (χ4n) is 4.31. The van der Waals surface area contributed by atoms with Crippen LogP contribution in [0.4, 0.5) is 5.69 Å². The summed E-state index contributed by atoms with van der Waals surface area (Å²) in [6, 6.07) is 9.05. The van der Waals surface area contributed by atoms with E-state index in [9.17, 15) is 15.0 Å². The summed E-state index contributed by atoms with van der Waals surface area (Å²) in [6.45, 7) is 11.2. The van der Waals surface area contributed by atoms with Crippen LogP contribution in [0.3, 0.4) is 0 Å². The van der Waals surface area contributed by atoms with Gasteiger partial charge in [0, 0.05) is 31.4 Å². The zero-order valence-corrected chi connectivity index (χ0v) is 20.0. The van der Waals surface area contributed by atoms with Crippen molar-refractivity contribution in [2.24, 2.45) is 0 Å². The summed E-state index contributed by atoms with van der Waals surface area (Å²) < 4.78 is 11.1. The van der Waals surface area contributed by atoms with Crippen LogP contribution in [0.5, 0.6) is 11.5 Å². The predicted molar refractivity (Wildman–Crippen MR) is 131 cm³/mol. The van der Waals surface area contributed by atoms with Gasteiger partial charge in [0.25, 0.3) is 5.91 Å². The molecule has 0 atom stereocenters. The van der Waals surface area contributed by atoms with Gasteiger partial charge in [-0.05, 0) is 54.7 Å². The van der Waals surface area contributed by atoms with E-state index < -0.39 is 0 Å². The van der Waals surface area contributed by atoms with E-state index in [2.05, 4.69) is 21.4 Å². The molecule has 1 aliphatic heterocycles. The summed E-state index contributed by atoms with van der Waals surface area (Å²) >= 11 is 0. The SMILES string of the molecule is CCNC(=O)c1noc(-c2cc(C(C)C)c(O)cc2O)c1-c1ccc(N2CCOCC2)cc1C. The highest BCUT2D eigenvalue weighted by atomic mass is 16.5. The van der Waals surface area contributed by atoms with Gasteiger partial charge in [-0.2, -0.15) is 0 Å². The lowest BCUT2D eigenvalue weighted by Crippen LogP contribution is -2.36. The summed E-state index contributed by atoms with van der Waals surface area (Å²) in [5, 5.41) is 27.9. The van der Waals surface area contributed by atoms with Crippen LogP contribution in [-0.2, 0) is 4.74 Å². The molecule has 1 saturated heterocycles. The Bertz CT molecular complexity index is 1200. The second kappa shape index (κ2) is 9.77. The Morgan fingerprint density at radius 3 is 2.50 bits per heavy atom. The zero-order valence-electron chi connectivity index (χ0n) is 20.0. The molecule has 34 heavy (non-hydrogen) atoms. The predicted octanol–water partition coefficient (Wildman–Crippen LogP) is 4.44. The molecular formula is C26H31N3O5. The molecule has 2 aromatic carbocycles. The van der Waals surface area contributed by atoms with Crippen molar-refractivity contribution in [1.29, 1.82) is 0 Å². The number of carbonyl (C=O) groups is 1. The molecular weight excluding hydrogens is 434 g/mol. The normalized spacial score (nSPS) is 14.0. The third-order valence-corrected chi connectivity index (χ3v) is 6.11. The quantitative estimate of drug-likeness (QED) is 0.494. The third-order valence-electron chi connectivity index (χ3n) is 6.11. The first kappa shape index (κ1) is 23.6. The van der Waals surface area contributed by atoms with Gasteiger partial charge in [0.05, 0.1) is 24.3 Å². The Hall–Kier alpha value is -3.52. The van der Waals surface area contributed by atoms with Crippen molar-refractivity contribution in [1.82, 2.24) is 10.5 Å². The molecule has 0 spiro atoms. The Balaban J connectivity index is 1.88. The molecule has 2 heterocycles. The van der Waals surface area contributed by atoms with E-state index in [0.717, 1.165) is 29.9 Å². The van der Waals surface area contributed by atoms with Crippen LogP contribution in [0.2, 0.25) is 0 Å². The fourth-order valence-corrected chi connectivity index (χ4v) is 4.31. The summed E-state index contributed by atoms with van der Waals surface area (Å²) in [7, 11) is 0. The molecule has 180 valence electrons. The van der Waals surface area contributed by atoms with Crippen LogP contribution >= 0.6 is 0 Å². The molecule has 1 aliphatic rings. The molecule has 1 aromatic heterocycles. The van der Waals surface area contributed by atoms with Crippen molar-refractivity contribution in [3.05, 3.63) is 47.2 Å². The number of aryl methyl sites for hydroxylation is 1. The monoisotopic (exact) mass is 465 g/mol. The molecule has 4 rings (SSSR count). The number of nitrogens with zero attached hydrogens (tertiary/aromatic N) is 2. The minimum atomic E-state index is -0.355. The number of ether oxygens (including phenoxy) is 1. The Morgan fingerprint density at radius 1 is 1.12 bits per heavy atom. The lowest BCUT2D eigenvalue weighted by atomic mass is 9.92. The highest BCUT2D eigenvalue weighted by Crippen LogP contribution is 2.44. The Kier molecular flexibility index (Phi) is 6.79. The molecule has 1 fully saturated rings. The number of aromatic hydroxyl groups is 2.